The number of amides is 1. The first-order chi connectivity index (χ1) is 9.66. The third kappa shape index (κ3) is 4.21. The van der Waals surface area contributed by atoms with Crippen LogP contribution < -0.4 is 5.32 Å². The van der Waals surface area contributed by atoms with E-state index in [-0.39, 0.29) is 5.91 Å². The highest BCUT2D eigenvalue weighted by atomic mass is 32.2. The fourth-order valence-electron chi connectivity index (χ4n) is 1.71. The van der Waals surface area contributed by atoms with E-state index in [9.17, 15) is 4.79 Å². The molecule has 1 amide bonds. The fraction of sp³-hybridized carbons (Fsp3) is 0.200. The van der Waals surface area contributed by atoms with Gasteiger partial charge in [-0.05, 0) is 24.3 Å². The van der Waals surface area contributed by atoms with E-state index in [4.69, 9.17) is 12.2 Å². The molecule has 1 aromatic carbocycles. The first kappa shape index (κ1) is 14.8. The minimum Gasteiger partial charge on any atom is -0.352 e. The number of carbonyl (C=O) groups excluding carboxylic acids is 1. The van der Waals surface area contributed by atoms with E-state index in [0.29, 0.717) is 22.0 Å². The maximum absolute atomic E-state index is 12.0. The zero-order valence-electron chi connectivity index (χ0n) is 11.1. The summed E-state index contributed by atoms with van der Waals surface area (Å²) in [6, 6.07) is 13.6. The van der Waals surface area contributed by atoms with Crippen molar-refractivity contribution in [2.75, 3.05) is 6.54 Å². The van der Waals surface area contributed by atoms with Gasteiger partial charge in [-0.25, -0.2) is 0 Å². The van der Waals surface area contributed by atoms with Crippen LogP contribution >= 0.6 is 24.0 Å². The molecule has 2 rings (SSSR count). The number of pyridine rings is 1. The first-order valence-electron chi connectivity index (χ1n) is 6.34. The van der Waals surface area contributed by atoms with Gasteiger partial charge in [-0.15, -0.1) is 11.8 Å². The third-order valence-electron chi connectivity index (χ3n) is 2.69. The van der Waals surface area contributed by atoms with E-state index < -0.39 is 0 Å². The van der Waals surface area contributed by atoms with E-state index in [0.717, 1.165) is 0 Å². The molecule has 0 unspecified atom stereocenters. The number of benzene rings is 1. The van der Waals surface area contributed by atoms with Gasteiger partial charge in [0.15, 0.2) is 0 Å². The van der Waals surface area contributed by atoms with Gasteiger partial charge in [0, 0.05) is 22.9 Å². The molecule has 0 bridgehead atoms. The minimum absolute atomic E-state index is 0.132. The van der Waals surface area contributed by atoms with Crippen LogP contribution in [-0.4, -0.2) is 22.7 Å². The lowest BCUT2D eigenvalue weighted by Gasteiger charge is -2.12. The molecule has 1 heterocycles. The average molecular weight is 304 g/mol. The zero-order chi connectivity index (χ0) is 14.4. The van der Waals surface area contributed by atoms with Crippen molar-refractivity contribution in [3.63, 3.8) is 0 Å². The van der Waals surface area contributed by atoms with Crippen molar-refractivity contribution in [1.82, 2.24) is 10.3 Å². The van der Waals surface area contributed by atoms with Crippen LogP contribution in [0.1, 0.15) is 17.3 Å². The molecule has 20 heavy (non-hydrogen) atoms. The third-order valence-corrected chi connectivity index (χ3v) is 4.14. The molecule has 1 atom stereocenters. The molecule has 0 radical (unpaired) electrons. The van der Waals surface area contributed by atoms with Gasteiger partial charge < -0.3 is 10.3 Å². The molecular formula is C15H16N2OS2. The number of hydrogen-bond acceptors (Lipinski definition) is 3. The molecule has 5 heteroatoms. The predicted octanol–water partition coefficient (Wildman–Crippen LogP) is 3.65. The maximum atomic E-state index is 12.0. The van der Waals surface area contributed by atoms with Crippen LogP contribution in [0.25, 0.3) is 0 Å². The average Bonchev–Trinajstić information content (AvgIpc) is 2.46. The summed E-state index contributed by atoms with van der Waals surface area (Å²) in [6.45, 7) is 2.69. The second kappa shape index (κ2) is 7.26. The fourth-order valence-corrected chi connectivity index (χ4v) is 2.88. The van der Waals surface area contributed by atoms with Crippen molar-refractivity contribution in [3.05, 3.63) is 58.9 Å². The Hall–Kier alpha value is -1.59. The van der Waals surface area contributed by atoms with Crippen molar-refractivity contribution < 1.29 is 4.79 Å². The normalized spacial score (nSPS) is 11.8. The van der Waals surface area contributed by atoms with Gasteiger partial charge in [0.2, 0.25) is 0 Å². The van der Waals surface area contributed by atoms with Gasteiger partial charge >= 0.3 is 0 Å². The smallest absolute Gasteiger partial charge is 0.254 e. The first-order valence-corrected chi connectivity index (χ1v) is 7.63. The summed E-state index contributed by atoms with van der Waals surface area (Å²) >= 11 is 6.83. The van der Waals surface area contributed by atoms with Crippen molar-refractivity contribution in [2.45, 2.75) is 17.1 Å². The van der Waals surface area contributed by atoms with Crippen molar-refractivity contribution in [1.29, 1.82) is 0 Å². The Kier molecular flexibility index (Phi) is 5.38. The molecular weight excluding hydrogens is 288 g/mol. The highest BCUT2D eigenvalue weighted by Crippen LogP contribution is 2.21. The van der Waals surface area contributed by atoms with Crippen LogP contribution in [0.5, 0.6) is 0 Å². The van der Waals surface area contributed by atoms with Crippen molar-refractivity contribution in [3.8, 4) is 0 Å². The monoisotopic (exact) mass is 304 g/mol. The Labute approximate surface area is 127 Å². The number of hydrogen-bond donors (Lipinski definition) is 2. The van der Waals surface area contributed by atoms with Gasteiger partial charge in [0.05, 0.1) is 5.56 Å². The van der Waals surface area contributed by atoms with Gasteiger partial charge in [0.1, 0.15) is 4.64 Å². The number of thioether (sulfide) groups is 1. The van der Waals surface area contributed by atoms with Gasteiger partial charge in [-0.1, -0.05) is 37.3 Å². The van der Waals surface area contributed by atoms with E-state index in [1.54, 1.807) is 30.1 Å². The highest BCUT2D eigenvalue weighted by molar-refractivity contribution is 8.00. The van der Waals surface area contributed by atoms with Gasteiger partial charge in [0.25, 0.3) is 5.91 Å². The topological polar surface area (TPSA) is 44.9 Å². The molecule has 104 valence electrons. The molecule has 0 fully saturated rings. The number of aromatic amines is 1. The van der Waals surface area contributed by atoms with Crippen LogP contribution in [0.3, 0.4) is 0 Å². The molecule has 0 aliphatic rings. The summed E-state index contributed by atoms with van der Waals surface area (Å²) in [7, 11) is 0. The lowest BCUT2D eigenvalue weighted by Crippen LogP contribution is -2.29. The number of carbonyl (C=O) groups is 1. The number of aromatic nitrogens is 1. The Balaban J connectivity index is 1.88. The van der Waals surface area contributed by atoms with Crippen LogP contribution in [0.2, 0.25) is 0 Å². The summed E-state index contributed by atoms with van der Waals surface area (Å²) in [5, 5.41) is 3.21. The molecule has 2 aromatic rings. The van der Waals surface area contributed by atoms with Crippen LogP contribution in [0, 0.1) is 4.64 Å². The maximum Gasteiger partial charge on any atom is 0.254 e. The summed E-state index contributed by atoms with van der Waals surface area (Å²) < 4.78 is 0.466. The molecule has 0 aliphatic carbocycles. The standard InChI is InChI=1S/C15H16N2OS2/c1-11(20-12-6-3-2-4-7-12)10-17-14(18)13-8-5-9-16-15(13)19/h2-9,11H,10H2,1H3,(H,16,19)(H,17,18)/t11-/m0/s1. The Bertz CT molecular complexity index is 625. The summed E-state index contributed by atoms with van der Waals surface area (Å²) in [5.41, 5.74) is 0.513. The molecule has 3 nitrogen and oxygen atoms in total. The lowest BCUT2D eigenvalue weighted by molar-refractivity contribution is 0.0953. The molecule has 2 N–H and O–H groups in total. The highest BCUT2D eigenvalue weighted by Gasteiger charge is 2.10. The molecule has 0 saturated heterocycles. The van der Waals surface area contributed by atoms with Crippen LogP contribution in [0.15, 0.2) is 53.6 Å². The van der Waals surface area contributed by atoms with Crippen molar-refractivity contribution in [2.24, 2.45) is 0 Å². The second-order valence-corrected chi connectivity index (χ2v) is 6.28. The molecule has 1 aromatic heterocycles. The molecule has 0 saturated carbocycles. The lowest BCUT2D eigenvalue weighted by atomic mass is 10.2. The number of nitrogens with one attached hydrogen (secondary N) is 2. The quantitative estimate of drug-likeness (QED) is 0.654. The van der Waals surface area contributed by atoms with Gasteiger partial charge in [-0.2, -0.15) is 0 Å². The predicted molar refractivity (Wildman–Crippen MR) is 85.7 cm³/mol. The Morgan fingerprint density at radius 2 is 2.05 bits per heavy atom. The summed E-state index contributed by atoms with van der Waals surface area (Å²) in [5.74, 6) is -0.132. The van der Waals surface area contributed by atoms with E-state index in [1.165, 1.54) is 4.90 Å². The number of rotatable bonds is 5. The minimum atomic E-state index is -0.132. The molecule has 0 spiro atoms. The van der Waals surface area contributed by atoms with Gasteiger partial charge in [-0.3, -0.25) is 4.79 Å². The number of H-pyrrole nitrogens is 1. The zero-order valence-corrected chi connectivity index (χ0v) is 12.8. The van der Waals surface area contributed by atoms with E-state index in [2.05, 4.69) is 29.4 Å². The van der Waals surface area contributed by atoms with Crippen LogP contribution in [-0.2, 0) is 0 Å². The van der Waals surface area contributed by atoms with E-state index in [1.807, 2.05) is 18.2 Å². The molecule has 0 aliphatic heterocycles. The SMILES string of the molecule is C[C@@H](CNC(=O)c1ccc[nH]c1=S)Sc1ccccc1. The van der Waals surface area contributed by atoms with Crippen LogP contribution in [0.4, 0.5) is 0 Å². The summed E-state index contributed by atoms with van der Waals surface area (Å²) in [6.07, 6.45) is 1.72. The summed E-state index contributed by atoms with van der Waals surface area (Å²) in [4.78, 5) is 16.1. The Morgan fingerprint density at radius 1 is 1.30 bits per heavy atom. The van der Waals surface area contributed by atoms with Crippen molar-refractivity contribution >= 4 is 29.9 Å². The Morgan fingerprint density at radius 3 is 2.75 bits per heavy atom. The second-order valence-electron chi connectivity index (χ2n) is 4.36. The van der Waals surface area contributed by atoms with E-state index >= 15 is 0 Å². The largest absolute Gasteiger partial charge is 0.352 e.